The molecule has 1 aromatic heterocycles. The van der Waals surface area contributed by atoms with E-state index in [1.54, 1.807) is 0 Å². The Balaban J connectivity index is 1.71. The van der Waals surface area contributed by atoms with E-state index in [1.165, 1.54) is 36.8 Å². The molecule has 0 bridgehead atoms. The summed E-state index contributed by atoms with van der Waals surface area (Å²) in [6.45, 7) is 3.54. The van der Waals surface area contributed by atoms with E-state index >= 15 is 0 Å². The molecule has 0 amide bonds. The molecule has 0 unspecified atom stereocenters. The van der Waals surface area contributed by atoms with Crippen LogP contribution in [0.3, 0.4) is 0 Å². The lowest BCUT2D eigenvalue weighted by Gasteiger charge is -2.29. The zero-order valence-corrected chi connectivity index (χ0v) is 16.7. The number of rotatable bonds is 8. The van der Waals surface area contributed by atoms with Gasteiger partial charge in [0, 0.05) is 43.0 Å². The first-order chi connectivity index (χ1) is 13.2. The maximum atomic E-state index is 5.86. The minimum Gasteiger partial charge on any atom is -0.494 e. The van der Waals surface area contributed by atoms with Crippen LogP contribution in [-0.2, 0) is 6.54 Å². The van der Waals surface area contributed by atoms with Crippen molar-refractivity contribution in [2.45, 2.75) is 51.2 Å². The molecule has 146 valence electrons. The Labute approximate surface area is 162 Å². The monoisotopic (exact) mass is 368 g/mol. The highest BCUT2D eigenvalue weighted by molar-refractivity contribution is 5.66. The van der Waals surface area contributed by atoms with E-state index in [0.717, 1.165) is 23.7 Å². The number of ether oxygens (including phenoxy) is 1. The second-order valence-electron chi connectivity index (χ2n) is 7.16. The molecule has 5 heteroatoms. The molecule has 1 aromatic carbocycles. The van der Waals surface area contributed by atoms with Crippen molar-refractivity contribution in [2.24, 2.45) is 0 Å². The molecule has 3 rings (SSSR count). The second-order valence-corrected chi connectivity index (χ2v) is 7.16. The Morgan fingerprint density at radius 1 is 1.00 bits per heavy atom. The molecule has 0 atom stereocenters. The van der Waals surface area contributed by atoms with Crippen molar-refractivity contribution in [3.05, 3.63) is 42.1 Å². The van der Waals surface area contributed by atoms with Gasteiger partial charge in [-0.2, -0.15) is 0 Å². The average molecular weight is 369 g/mol. The lowest BCUT2D eigenvalue weighted by Crippen LogP contribution is -2.38. The average Bonchev–Trinajstić information content (AvgIpc) is 2.73. The van der Waals surface area contributed by atoms with Crippen molar-refractivity contribution in [3.63, 3.8) is 0 Å². The molecule has 1 aliphatic rings. The summed E-state index contributed by atoms with van der Waals surface area (Å²) in [7, 11) is 3.95. The fourth-order valence-electron chi connectivity index (χ4n) is 3.75. The minimum atomic E-state index is 0.587. The number of pyridine rings is 1. The first-order valence-electron chi connectivity index (χ1n) is 10.0. The maximum absolute atomic E-state index is 5.86. The first kappa shape index (κ1) is 19.6. The smallest absolute Gasteiger partial charge is 0.125 e. The summed E-state index contributed by atoms with van der Waals surface area (Å²) in [5.41, 5.74) is 3.50. The predicted octanol–water partition coefficient (Wildman–Crippen LogP) is 3.81. The van der Waals surface area contributed by atoms with Crippen LogP contribution in [0.15, 0.2) is 36.5 Å². The highest BCUT2D eigenvalue weighted by Crippen LogP contribution is 2.28. The van der Waals surface area contributed by atoms with Crippen molar-refractivity contribution in [2.75, 3.05) is 26.0 Å². The summed E-state index contributed by atoms with van der Waals surface area (Å²) in [6, 6.07) is 11.8. The number of hydrogen-bond donors (Lipinski definition) is 3. The van der Waals surface area contributed by atoms with Gasteiger partial charge in [-0.1, -0.05) is 6.07 Å². The van der Waals surface area contributed by atoms with Crippen LogP contribution in [0.4, 0.5) is 5.82 Å². The fourth-order valence-corrected chi connectivity index (χ4v) is 3.75. The third-order valence-corrected chi connectivity index (χ3v) is 5.43. The Morgan fingerprint density at radius 2 is 1.74 bits per heavy atom. The topological polar surface area (TPSA) is 58.2 Å². The van der Waals surface area contributed by atoms with Crippen molar-refractivity contribution in [1.29, 1.82) is 0 Å². The van der Waals surface area contributed by atoms with Gasteiger partial charge in [0.05, 0.1) is 6.61 Å². The van der Waals surface area contributed by atoms with Gasteiger partial charge >= 0.3 is 0 Å². The van der Waals surface area contributed by atoms with Gasteiger partial charge < -0.3 is 20.7 Å². The number of anilines is 1. The van der Waals surface area contributed by atoms with Crippen molar-refractivity contribution in [3.8, 4) is 16.9 Å². The molecule has 5 nitrogen and oxygen atoms in total. The molecule has 27 heavy (non-hydrogen) atoms. The molecule has 0 radical (unpaired) electrons. The van der Waals surface area contributed by atoms with Gasteiger partial charge in [0.15, 0.2) is 0 Å². The predicted molar refractivity (Wildman–Crippen MR) is 112 cm³/mol. The summed E-state index contributed by atoms with van der Waals surface area (Å²) in [6.07, 6.45) is 6.86. The van der Waals surface area contributed by atoms with Crippen LogP contribution in [0.25, 0.3) is 11.1 Å². The zero-order valence-electron chi connectivity index (χ0n) is 16.7. The Bertz CT molecular complexity index is 709. The lowest BCUT2D eigenvalue weighted by atomic mass is 9.91. The van der Waals surface area contributed by atoms with E-state index in [4.69, 9.17) is 4.74 Å². The number of aromatic nitrogens is 1. The van der Waals surface area contributed by atoms with Crippen LogP contribution < -0.4 is 20.7 Å². The minimum absolute atomic E-state index is 0.587. The molecule has 3 N–H and O–H groups in total. The third kappa shape index (κ3) is 5.21. The maximum Gasteiger partial charge on any atom is 0.125 e. The van der Waals surface area contributed by atoms with Gasteiger partial charge in [-0.3, -0.25) is 0 Å². The van der Waals surface area contributed by atoms with Crippen LogP contribution >= 0.6 is 0 Å². The molecule has 0 spiro atoms. The number of hydrogen-bond acceptors (Lipinski definition) is 5. The molecular formula is C22H32N4O. The van der Waals surface area contributed by atoms with E-state index in [1.807, 2.05) is 26.2 Å². The standard InChI is InChI=1S/C22H32N4O/c1-4-27-21-11-5-16(17-6-12-22(24-3)26-14-17)13-18(21)15-25-20-9-7-19(23-2)8-10-20/h5-6,11-14,19-20,23,25H,4,7-10,15H2,1-3H3,(H,24,26). The Hall–Kier alpha value is -2.11. The van der Waals surface area contributed by atoms with Crippen molar-refractivity contribution < 1.29 is 4.74 Å². The van der Waals surface area contributed by atoms with Gasteiger partial charge in [0.25, 0.3) is 0 Å². The van der Waals surface area contributed by atoms with E-state index in [0.29, 0.717) is 18.7 Å². The second kappa shape index (κ2) is 9.72. The molecule has 0 aliphatic heterocycles. The molecule has 2 aromatic rings. The molecule has 1 saturated carbocycles. The van der Waals surface area contributed by atoms with Gasteiger partial charge in [0.1, 0.15) is 11.6 Å². The van der Waals surface area contributed by atoms with Crippen molar-refractivity contribution in [1.82, 2.24) is 15.6 Å². The normalized spacial score (nSPS) is 19.7. The third-order valence-electron chi connectivity index (χ3n) is 5.43. The van der Waals surface area contributed by atoms with Gasteiger partial charge in [-0.05, 0) is 69.5 Å². The quantitative estimate of drug-likeness (QED) is 0.661. The van der Waals surface area contributed by atoms with Crippen LogP contribution in [0.1, 0.15) is 38.2 Å². The number of benzene rings is 1. The van der Waals surface area contributed by atoms with Crippen LogP contribution in [0.2, 0.25) is 0 Å². The van der Waals surface area contributed by atoms with Gasteiger partial charge in [0.2, 0.25) is 0 Å². The van der Waals surface area contributed by atoms with E-state index < -0.39 is 0 Å². The van der Waals surface area contributed by atoms with Crippen LogP contribution in [-0.4, -0.2) is 37.8 Å². The summed E-state index contributed by atoms with van der Waals surface area (Å²) in [5.74, 6) is 1.85. The summed E-state index contributed by atoms with van der Waals surface area (Å²) in [4.78, 5) is 4.43. The highest BCUT2D eigenvalue weighted by atomic mass is 16.5. The Kier molecular flexibility index (Phi) is 7.07. The largest absolute Gasteiger partial charge is 0.494 e. The summed E-state index contributed by atoms with van der Waals surface area (Å²) < 4.78 is 5.86. The molecule has 1 fully saturated rings. The van der Waals surface area contributed by atoms with Gasteiger partial charge in [-0.25, -0.2) is 4.98 Å². The number of nitrogens with one attached hydrogen (secondary N) is 3. The zero-order chi connectivity index (χ0) is 19.1. The van der Waals surface area contributed by atoms with Crippen LogP contribution in [0, 0.1) is 0 Å². The SMILES string of the molecule is CCOc1ccc(-c2ccc(NC)nc2)cc1CNC1CCC(NC)CC1. The van der Waals surface area contributed by atoms with Crippen LogP contribution in [0.5, 0.6) is 5.75 Å². The van der Waals surface area contributed by atoms with Gasteiger partial charge in [-0.15, -0.1) is 0 Å². The number of nitrogens with zero attached hydrogens (tertiary/aromatic N) is 1. The van der Waals surface area contributed by atoms with E-state index in [2.05, 4.69) is 52.2 Å². The van der Waals surface area contributed by atoms with E-state index in [-0.39, 0.29) is 0 Å². The molecule has 0 saturated heterocycles. The summed E-state index contributed by atoms with van der Waals surface area (Å²) >= 11 is 0. The fraction of sp³-hybridized carbons (Fsp3) is 0.500. The first-order valence-corrected chi connectivity index (χ1v) is 10.0. The molecule has 1 heterocycles. The molecular weight excluding hydrogens is 336 g/mol. The molecule has 1 aliphatic carbocycles. The highest BCUT2D eigenvalue weighted by Gasteiger charge is 2.19. The lowest BCUT2D eigenvalue weighted by molar-refractivity contribution is 0.310. The van der Waals surface area contributed by atoms with Crippen molar-refractivity contribution >= 4 is 5.82 Å². The summed E-state index contributed by atoms with van der Waals surface area (Å²) in [5, 5.41) is 10.2. The van der Waals surface area contributed by atoms with E-state index in [9.17, 15) is 0 Å². The Morgan fingerprint density at radius 3 is 2.37 bits per heavy atom.